The molecule has 3 aromatic carbocycles. The minimum atomic E-state index is -0.466. The molecule has 7 nitrogen and oxygen atoms in total. The van der Waals surface area contributed by atoms with E-state index in [1.807, 2.05) is 37.3 Å². The van der Waals surface area contributed by atoms with E-state index in [1.54, 1.807) is 53.4 Å². The summed E-state index contributed by atoms with van der Waals surface area (Å²) >= 11 is 0. The minimum Gasteiger partial charge on any atom is -0.391 e. The van der Waals surface area contributed by atoms with Crippen molar-refractivity contribution < 1.29 is 19.5 Å². The number of carbonyl (C=O) groups is 3. The van der Waals surface area contributed by atoms with Gasteiger partial charge in [-0.2, -0.15) is 0 Å². The number of carbonyl (C=O) groups excluding carboxylic acids is 3. The number of nitrogens with zero attached hydrogens (tertiary/aromatic N) is 1. The quantitative estimate of drug-likeness (QED) is 0.445. The zero-order chi connectivity index (χ0) is 25.9. The van der Waals surface area contributed by atoms with Crippen LogP contribution in [0.5, 0.6) is 0 Å². The van der Waals surface area contributed by atoms with Crippen LogP contribution in [0, 0.1) is 0 Å². The lowest BCUT2D eigenvalue weighted by molar-refractivity contribution is -0.110. The second kappa shape index (κ2) is 10.4. The fourth-order valence-electron chi connectivity index (χ4n) is 4.82. The van der Waals surface area contributed by atoms with Gasteiger partial charge in [0, 0.05) is 41.0 Å². The molecule has 3 amide bonds. The van der Waals surface area contributed by atoms with Crippen LogP contribution < -0.4 is 10.6 Å². The maximum absolute atomic E-state index is 13.1. The molecule has 5 rings (SSSR count). The standard InChI is InChI=1S/C30H29N3O4/c1-2-26(20-6-4-3-5-7-20)31-28(35)22-12-13-27-24(17-22)25(29(36)32-27)16-19-8-10-21(11-9-19)30(37)33-15-14-23(34)18-33/h3-13,16-17,23,26,34H,2,14-15,18H2,1H3,(H,31,35)(H,32,36)/b25-16-/t23-,26-/m0/s1. The number of fused-ring (bicyclic) bond motifs is 1. The van der Waals surface area contributed by atoms with E-state index in [9.17, 15) is 19.5 Å². The van der Waals surface area contributed by atoms with E-state index in [1.165, 1.54) is 0 Å². The number of amides is 3. The SMILES string of the molecule is CC[C@H](NC(=O)c1ccc2c(c1)/C(=C/c1ccc(C(=O)N3CC[C@H](O)C3)cc1)C(=O)N2)c1ccccc1. The minimum absolute atomic E-state index is 0.109. The van der Waals surface area contributed by atoms with Gasteiger partial charge in [0.1, 0.15) is 0 Å². The first-order valence-corrected chi connectivity index (χ1v) is 12.5. The molecular formula is C30H29N3O4. The van der Waals surface area contributed by atoms with Crippen molar-refractivity contribution in [1.82, 2.24) is 10.2 Å². The summed E-state index contributed by atoms with van der Waals surface area (Å²) in [6, 6.07) is 22.0. The topological polar surface area (TPSA) is 98.7 Å². The van der Waals surface area contributed by atoms with Crippen LogP contribution in [0.15, 0.2) is 72.8 Å². The van der Waals surface area contributed by atoms with E-state index in [-0.39, 0.29) is 23.8 Å². The first-order chi connectivity index (χ1) is 17.9. The normalized spacial score (nSPS) is 18.4. The molecule has 3 N–H and O–H groups in total. The van der Waals surface area contributed by atoms with Crippen LogP contribution in [-0.2, 0) is 4.79 Å². The predicted octanol–water partition coefficient (Wildman–Crippen LogP) is 4.27. The molecule has 0 aromatic heterocycles. The molecule has 2 aliphatic heterocycles. The van der Waals surface area contributed by atoms with Crippen LogP contribution in [-0.4, -0.2) is 46.9 Å². The molecule has 0 saturated carbocycles. The van der Waals surface area contributed by atoms with Crippen LogP contribution in [0.3, 0.4) is 0 Å². The maximum atomic E-state index is 13.1. The maximum Gasteiger partial charge on any atom is 0.256 e. The highest BCUT2D eigenvalue weighted by Crippen LogP contribution is 2.34. The average molecular weight is 496 g/mol. The second-order valence-corrected chi connectivity index (χ2v) is 9.43. The highest BCUT2D eigenvalue weighted by Gasteiger charge is 2.27. The summed E-state index contributed by atoms with van der Waals surface area (Å²) in [4.78, 5) is 40.1. The second-order valence-electron chi connectivity index (χ2n) is 9.43. The molecule has 188 valence electrons. The van der Waals surface area contributed by atoms with Crippen molar-refractivity contribution in [1.29, 1.82) is 0 Å². The smallest absolute Gasteiger partial charge is 0.256 e. The molecule has 7 heteroatoms. The zero-order valence-corrected chi connectivity index (χ0v) is 20.6. The Balaban J connectivity index is 1.35. The summed E-state index contributed by atoms with van der Waals surface area (Å²) in [6.07, 6.45) is 2.64. The number of likely N-dealkylation sites (tertiary alicyclic amines) is 1. The summed E-state index contributed by atoms with van der Waals surface area (Å²) in [5.41, 5.74) is 4.60. The van der Waals surface area contributed by atoms with Gasteiger partial charge in [-0.05, 0) is 60.4 Å². The molecule has 0 radical (unpaired) electrons. The summed E-state index contributed by atoms with van der Waals surface area (Å²) in [5, 5.41) is 15.7. The molecule has 0 spiro atoms. The van der Waals surface area contributed by atoms with Gasteiger partial charge in [-0.1, -0.05) is 49.4 Å². The highest BCUT2D eigenvalue weighted by atomic mass is 16.3. The monoisotopic (exact) mass is 495 g/mol. The summed E-state index contributed by atoms with van der Waals surface area (Å²) in [5.74, 6) is -0.558. The lowest BCUT2D eigenvalue weighted by atomic mass is 10.00. The Morgan fingerprint density at radius 2 is 1.81 bits per heavy atom. The number of anilines is 1. The fourth-order valence-corrected chi connectivity index (χ4v) is 4.82. The summed E-state index contributed by atoms with van der Waals surface area (Å²) in [6.45, 7) is 2.92. The Hall–Kier alpha value is -4.23. The van der Waals surface area contributed by atoms with Gasteiger partial charge < -0.3 is 20.6 Å². The Morgan fingerprint density at radius 3 is 2.49 bits per heavy atom. The number of nitrogens with one attached hydrogen (secondary N) is 2. The molecule has 2 aliphatic rings. The average Bonchev–Trinajstić information content (AvgIpc) is 3.49. The van der Waals surface area contributed by atoms with Crippen molar-refractivity contribution >= 4 is 35.1 Å². The van der Waals surface area contributed by atoms with Crippen LogP contribution in [0.1, 0.15) is 63.2 Å². The summed E-state index contributed by atoms with van der Waals surface area (Å²) < 4.78 is 0. The van der Waals surface area contributed by atoms with Crippen LogP contribution in [0.4, 0.5) is 5.69 Å². The number of β-amino-alcohol motifs (C(OH)–C–C–N with tert-alkyl or cyclic N) is 1. The van der Waals surface area contributed by atoms with Gasteiger partial charge in [0.15, 0.2) is 0 Å². The predicted molar refractivity (Wildman–Crippen MR) is 143 cm³/mol. The van der Waals surface area contributed by atoms with Gasteiger partial charge in [-0.3, -0.25) is 14.4 Å². The number of hydrogen-bond acceptors (Lipinski definition) is 4. The highest BCUT2D eigenvalue weighted by molar-refractivity contribution is 6.35. The molecule has 37 heavy (non-hydrogen) atoms. The Bertz CT molecular complexity index is 1370. The van der Waals surface area contributed by atoms with E-state index in [2.05, 4.69) is 10.6 Å². The van der Waals surface area contributed by atoms with E-state index >= 15 is 0 Å². The molecule has 0 unspecified atom stereocenters. The van der Waals surface area contributed by atoms with Gasteiger partial charge in [0.25, 0.3) is 17.7 Å². The number of hydrogen-bond donors (Lipinski definition) is 3. The van der Waals surface area contributed by atoms with Crippen LogP contribution >= 0.6 is 0 Å². The molecule has 1 fully saturated rings. The Morgan fingerprint density at radius 1 is 1.08 bits per heavy atom. The molecule has 2 atom stereocenters. The largest absolute Gasteiger partial charge is 0.391 e. The van der Waals surface area contributed by atoms with Gasteiger partial charge in [-0.25, -0.2) is 0 Å². The van der Waals surface area contributed by atoms with Crippen molar-refractivity contribution in [2.75, 3.05) is 18.4 Å². The lowest BCUT2D eigenvalue weighted by Gasteiger charge is -2.17. The first kappa shape index (κ1) is 24.5. The molecule has 1 saturated heterocycles. The Kier molecular flexibility index (Phi) is 6.88. The third kappa shape index (κ3) is 5.17. The van der Waals surface area contributed by atoms with Gasteiger partial charge in [-0.15, -0.1) is 0 Å². The number of aliphatic hydroxyl groups is 1. The van der Waals surface area contributed by atoms with E-state index < -0.39 is 6.10 Å². The van der Waals surface area contributed by atoms with Crippen molar-refractivity contribution in [2.24, 2.45) is 0 Å². The van der Waals surface area contributed by atoms with Crippen LogP contribution in [0.25, 0.3) is 11.6 Å². The number of rotatable bonds is 6. The van der Waals surface area contributed by atoms with Crippen molar-refractivity contribution in [3.63, 3.8) is 0 Å². The zero-order valence-electron chi connectivity index (χ0n) is 20.6. The van der Waals surface area contributed by atoms with Crippen molar-refractivity contribution in [3.05, 3.63) is 101 Å². The van der Waals surface area contributed by atoms with Crippen molar-refractivity contribution in [3.8, 4) is 0 Å². The molecule has 0 bridgehead atoms. The third-order valence-corrected chi connectivity index (χ3v) is 6.90. The van der Waals surface area contributed by atoms with E-state index in [4.69, 9.17) is 0 Å². The van der Waals surface area contributed by atoms with E-state index in [0.29, 0.717) is 47.5 Å². The fraction of sp³-hybridized carbons (Fsp3) is 0.233. The van der Waals surface area contributed by atoms with Crippen LogP contribution in [0.2, 0.25) is 0 Å². The first-order valence-electron chi connectivity index (χ1n) is 12.5. The molecular weight excluding hydrogens is 466 g/mol. The van der Waals surface area contributed by atoms with E-state index in [0.717, 1.165) is 17.5 Å². The molecule has 3 aromatic rings. The van der Waals surface area contributed by atoms with Crippen molar-refractivity contribution in [2.45, 2.75) is 31.9 Å². The summed E-state index contributed by atoms with van der Waals surface area (Å²) in [7, 11) is 0. The van der Waals surface area contributed by atoms with Gasteiger partial charge in [0.05, 0.1) is 12.1 Å². The number of benzene rings is 3. The van der Waals surface area contributed by atoms with Gasteiger partial charge >= 0.3 is 0 Å². The van der Waals surface area contributed by atoms with Gasteiger partial charge in [0.2, 0.25) is 0 Å². The molecule has 2 heterocycles. The Labute approximate surface area is 215 Å². The molecule has 0 aliphatic carbocycles. The lowest BCUT2D eigenvalue weighted by Crippen LogP contribution is -2.29. The third-order valence-electron chi connectivity index (χ3n) is 6.90. The number of aliphatic hydroxyl groups excluding tert-OH is 1.